The maximum Gasteiger partial charge on any atom is 0.258 e. The maximum absolute atomic E-state index is 14.1. The number of aromatic nitrogens is 1. The summed E-state index contributed by atoms with van der Waals surface area (Å²) >= 11 is 0. The summed E-state index contributed by atoms with van der Waals surface area (Å²) in [6.45, 7) is 8.71. The van der Waals surface area contributed by atoms with Crippen LogP contribution in [0.2, 0.25) is 0 Å². The number of aryl methyl sites for hydroxylation is 2. The summed E-state index contributed by atoms with van der Waals surface area (Å²) in [5.41, 5.74) is 0.599. The largest absolute Gasteiger partial charge is 0.490 e. The molecule has 0 saturated heterocycles. The minimum atomic E-state index is -3.95. The molecule has 0 radical (unpaired) electrons. The SMILES string of the molecule is Cc1noc(C)c1S(=O)(=O)N(C)C[C@@H]1OCCCC[C@H](C)Oc2ccc(NS(C)(=O)=O)cc2C(=O)N([C@H](C)CO)C[C@H]1C. The zero-order valence-corrected chi connectivity index (χ0v) is 27.5. The van der Waals surface area contributed by atoms with Crippen LogP contribution in [0.3, 0.4) is 0 Å². The lowest BCUT2D eigenvalue weighted by atomic mass is 10.0. The van der Waals surface area contributed by atoms with Gasteiger partial charge in [0, 0.05) is 38.3 Å². The van der Waals surface area contributed by atoms with Gasteiger partial charge in [0.2, 0.25) is 20.0 Å². The van der Waals surface area contributed by atoms with Crippen molar-refractivity contribution in [2.24, 2.45) is 5.92 Å². The predicted molar refractivity (Wildman–Crippen MR) is 161 cm³/mol. The Labute approximate surface area is 254 Å². The number of hydrogen-bond donors (Lipinski definition) is 2. The number of sulfonamides is 2. The number of nitrogens with one attached hydrogen (secondary N) is 1. The van der Waals surface area contributed by atoms with Crippen molar-refractivity contribution < 1.29 is 40.7 Å². The van der Waals surface area contributed by atoms with Crippen LogP contribution in [0.4, 0.5) is 5.69 Å². The van der Waals surface area contributed by atoms with Gasteiger partial charge in [-0.15, -0.1) is 0 Å². The molecule has 3 rings (SSSR count). The Balaban J connectivity index is 2.00. The second-order valence-electron chi connectivity index (χ2n) is 11.3. The van der Waals surface area contributed by atoms with Crippen LogP contribution in [0.5, 0.6) is 5.75 Å². The Bertz CT molecular complexity index is 1460. The lowest BCUT2D eigenvalue weighted by Crippen LogP contribution is -2.48. The van der Waals surface area contributed by atoms with E-state index in [0.717, 1.165) is 12.7 Å². The quantitative estimate of drug-likeness (QED) is 0.436. The van der Waals surface area contributed by atoms with E-state index in [0.29, 0.717) is 25.2 Å². The molecule has 2 heterocycles. The first-order valence-corrected chi connectivity index (χ1v) is 17.6. The van der Waals surface area contributed by atoms with Gasteiger partial charge in [0.1, 0.15) is 16.3 Å². The highest BCUT2D eigenvalue weighted by Gasteiger charge is 2.34. The zero-order valence-electron chi connectivity index (χ0n) is 25.9. The molecule has 1 aromatic carbocycles. The molecule has 2 N–H and O–H groups in total. The van der Waals surface area contributed by atoms with E-state index in [9.17, 15) is 26.7 Å². The number of carbonyl (C=O) groups excluding carboxylic acids is 1. The van der Waals surface area contributed by atoms with E-state index in [2.05, 4.69) is 9.88 Å². The van der Waals surface area contributed by atoms with Gasteiger partial charge in [-0.3, -0.25) is 9.52 Å². The molecular formula is C28H44N4O9S2. The van der Waals surface area contributed by atoms with Crippen molar-refractivity contribution in [2.45, 2.75) is 77.0 Å². The third-order valence-electron chi connectivity index (χ3n) is 7.43. The Morgan fingerprint density at radius 1 is 1.19 bits per heavy atom. The van der Waals surface area contributed by atoms with Gasteiger partial charge in [0.05, 0.1) is 36.7 Å². The third kappa shape index (κ3) is 8.91. The molecule has 0 aliphatic carbocycles. The number of likely N-dealkylation sites (N-methyl/N-ethyl adjacent to an activating group) is 1. The molecule has 15 heteroatoms. The van der Waals surface area contributed by atoms with Gasteiger partial charge in [-0.2, -0.15) is 4.31 Å². The van der Waals surface area contributed by atoms with Crippen molar-refractivity contribution >= 4 is 31.6 Å². The number of anilines is 1. The molecule has 0 unspecified atom stereocenters. The number of ether oxygens (including phenoxy) is 2. The summed E-state index contributed by atoms with van der Waals surface area (Å²) in [4.78, 5) is 15.6. The van der Waals surface area contributed by atoms with Gasteiger partial charge in [0.15, 0.2) is 5.76 Å². The van der Waals surface area contributed by atoms with Crippen LogP contribution in [0, 0.1) is 19.8 Å². The van der Waals surface area contributed by atoms with Crippen molar-refractivity contribution in [3.8, 4) is 5.75 Å². The fourth-order valence-corrected chi connectivity index (χ4v) is 7.03. The van der Waals surface area contributed by atoms with Crippen molar-refractivity contribution in [3.05, 3.63) is 35.2 Å². The lowest BCUT2D eigenvalue weighted by Gasteiger charge is -2.35. The monoisotopic (exact) mass is 644 g/mol. The van der Waals surface area contributed by atoms with Crippen LogP contribution in [-0.2, 0) is 24.8 Å². The fraction of sp³-hybridized carbons (Fsp3) is 0.643. The summed E-state index contributed by atoms with van der Waals surface area (Å²) in [7, 11) is -6.10. The Morgan fingerprint density at radius 2 is 1.88 bits per heavy atom. The van der Waals surface area contributed by atoms with E-state index in [1.807, 2.05) is 13.8 Å². The first-order chi connectivity index (χ1) is 20.0. The van der Waals surface area contributed by atoms with Crippen LogP contribution in [0.1, 0.15) is 61.8 Å². The highest BCUT2D eigenvalue weighted by molar-refractivity contribution is 7.92. The maximum atomic E-state index is 14.1. The predicted octanol–water partition coefficient (Wildman–Crippen LogP) is 2.78. The van der Waals surface area contributed by atoms with Crippen molar-refractivity contribution in [1.82, 2.24) is 14.4 Å². The number of benzene rings is 1. The van der Waals surface area contributed by atoms with Gasteiger partial charge < -0.3 is 24.0 Å². The first-order valence-electron chi connectivity index (χ1n) is 14.3. The van der Waals surface area contributed by atoms with E-state index >= 15 is 0 Å². The van der Waals surface area contributed by atoms with Crippen LogP contribution in [-0.4, -0.2) is 100 Å². The smallest absolute Gasteiger partial charge is 0.258 e. The van der Waals surface area contributed by atoms with Crippen molar-refractivity contribution in [3.63, 3.8) is 0 Å². The highest BCUT2D eigenvalue weighted by Crippen LogP contribution is 2.29. The molecule has 4 atom stereocenters. The number of rotatable bonds is 8. The fourth-order valence-electron chi connectivity index (χ4n) is 5.01. The second kappa shape index (κ2) is 14.4. The first kappa shape index (κ1) is 34.8. The summed E-state index contributed by atoms with van der Waals surface area (Å²) in [6.07, 6.45) is 2.29. The number of aliphatic hydroxyl groups excluding tert-OH is 1. The minimum Gasteiger partial charge on any atom is -0.490 e. The molecule has 2 aromatic rings. The summed E-state index contributed by atoms with van der Waals surface area (Å²) in [5, 5.41) is 13.9. The Kier molecular flexibility index (Phi) is 11.6. The van der Waals surface area contributed by atoms with Gasteiger partial charge in [-0.25, -0.2) is 16.8 Å². The second-order valence-corrected chi connectivity index (χ2v) is 15.1. The summed E-state index contributed by atoms with van der Waals surface area (Å²) in [6, 6.07) is 3.90. The molecule has 1 amide bonds. The molecule has 1 aromatic heterocycles. The normalized spacial score (nSPS) is 22.0. The number of aliphatic hydroxyl groups is 1. The number of nitrogens with zero attached hydrogens (tertiary/aromatic N) is 3. The van der Waals surface area contributed by atoms with Crippen LogP contribution >= 0.6 is 0 Å². The van der Waals surface area contributed by atoms with E-state index in [1.54, 1.807) is 26.8 Å². The van der Waals surface area contributed by atoms with Gasteiger partial charge >= 0.3 is 0 Å². The topological polar surface area (TPSA) is 169 Å². The molecule has 13 nitrogen and oxygen atoms in total. The molecule has 43 heavy (non-hydrogen) atoms. The molecule has 1 aliphatic rings. The summed E-state index contributed by atoms with van der Waals surface area (Å²) in [5.74, 6) is -0.351. The number of amides is 1. The van der Waals surface area contributed by atoms with E-state index < -0.39 is 38.1 Å². The molecule has 0 saturated carbocycles. The van der Waals surface area contributed by atoms with Crippen LogP contribution < -0.4 is 9.46 Å². The van der Waals surface area contributed by atoms with Crippen molar-refractivity contribution in [1.29, 1.82) is 0 Å². The van der Waals surface area contributed by atoms with Crippen LogP contribution in [0.15, 0.2) is 27.6 Å². The number of hydrogen-bond acceptors (Lipinski definition) is 10. The molecule has 1 aliphatic heterocycles. The molecule has 0 spiro atoms. The highest BCUT2D eigenvalue weighted by atomic mass is 32.2. The average Bonchev–Trinajstić information content (AvgIpc) is 3.27. The molecule has 0 bridgehead atoms. The zero-order chi connectivity index (χ0) is 32.1. The van der Waals surface area contributed by atoms with E-state index in [-0.39, 0.29) is 59.3 Å². The van der Waals surface area contributed by atoms with Gasteiger partial charge in [0.25, 0.3) is 5.91 Å². The molecule has 242 valence electrons. The number of carbonyl (C=O) groups is 1. The standard InChI is InChI=1S/C28H44N4O9S2/c1-18-15-32(19(2)17-33)28(34)24-14-23(30-42(7,35)36)11-12-25(24)40-20(3)10-8-9-13-39-26(18)16-31(6)43(37,38)27-21(4)29-41-22(27)5/h11-12,14,18-20,26,30,33H,8-10,13,15-17H2,1-7H3/t18-,19-,20+,26+/m1/s1. The molecule has 0 fully saturated rings. The average molecular weight is 645 g/mol. The Hall–Kier alpha value is -2.72. The third-order valence-corrected chi connectivity index (χ3v) is 10.1. The van der Waals surface area contributed by atoms with Gasteiger partial charge in [-0.1, -0.05) is 12.1 Å². The van der Waals surface area contributed by atoms with Gasteiger partial charge in [-0.05, 0) is 65.2 Å². The van der Waals surface area contributed by atoms with E-state index in [4.69, 9.17) is 14.0 Å². The number of fused-ring (bicyclic) bond motifs is 1. The summed E-state index contributed by atoms with van der Waals surface area (Å²) < 4.78 is 71.8. The van der Waals surface area contributed by atoms with E-state index in [1.165, 1.54) is 28.4 Å². The van der Waals surface area contributed by atoms with Crippen LogP contribution in [0.25, 0.3) is 0 Å². The van der Waals surface area contributed by atoms with Crippen molar-refractivity contribution in [2.75, 3.05) is 44.3 Å². The Morgan fingerprint density at radius 3 is 2.49 bits per heavy atom. The minimum absolute atomic E-state index is 0.00161. The lowest BCUT2D eigenvalue weighted by molar-refractivity contribution is -0.00835. The molecular weight excluding hydrogens is 600 g/mol.